The van der Waals surface area contributed by atoms with Crippen LogP contribution in [0.5, 0.6) is 5.88 Å². The molecule has 26 heavy (non-hydrogen) atoms. The van der Waals surface area contributed by atoms with Crippen LogP contribution in [0.3, 0.4) is 0 Å². The van der Waals surface area contributed by atoms with E-state index in [1.54, 1.807) is 50.0 Å². The molecule has 128 valence electrons. The number of hydrogen-bond acceptors (Lipinski definition) is 5. The highest BCUT2D eigenvalue weighted by Gasteiger charge is 2.10. The molecule has 0 aliphatic heterocycles. The van der Waals surface area contributed by atoms with E-state index in [2.05, 4.69) is 15.0 Å². The molecule has 0 radical (unpaired) electrons. The maximum Gasteiger partial charge on any atom is 0.248 e. The summed E-state index contributed by atoms with van der Waals surface area (Å²) >= 11 is 0. The second kappa shape index (κ2) is 6.29. The Balaban J connectivity index is 1.81. The molecule has 0 saturated heterocycles. The van der Waals surface area contributed by atoms with Crippen molar-refractivity contribution >= 4 is 11.6 Å². The van der Waals surface area contributed by atoms with Gasteiger partial charge in [0.05, 0.1) is 30.9 Å². The van der Waals surface area contributed by atoms with Gasteiger partial charge in [0.2, 0.25) is 11.8 Å². The minimum atomic E-state index is -0.472. The zero-order chi connectivity index (χ0) is 18.1. The van der Waals surface area contributed by atoms with Gasteiger partial charge in [0.15, 0.2) is 5.65 Å². The van der Waals surface area contributed by atoms with Crippen LogP contribution in [0.1, 0.15) is 10.4 Å². The Morgan fingerprint density at radius 3 is 2.65 bits per heavy atom. The molecule has 7 heteroatoms. The van der Waals surface area contributed by atoms with Gasteiger partial charge in [-0.05, 0) is 18.2 Å². The van der Waals surface area contributed by atoms with Crippen molar-refractivity contribution in [3.8, 4) is 28.4 Å². The third-order valence-corrected chi connectivity index (χ3v) is 4.08. The predicted octanol–water partition coefficient (Wildman–Crippen LogP) is 2.57. The van der Waals surface area contributed by atoms with E-state index in [-0.39, 0.29) is 0 Å². The lowest BCUT2D eigenvalue weighted by atomic mass is 10.1. The zero-order valence-electron chi connectivity index (χ0n) is 14.0. The number of primary amides is 1. The minimum absolute atomic E-state index is 0.439. The molecule has 0 unspecified atom stereocenters. The summed E-state index contributed by atoms with van der Waals surface area (Å²) in [5.41, 5.74) is 9.81. The number of fused-ring (bicyclic) bond motifs is 1. The van der Waals surface area contributed by atoms with E-state index in [0.29, 0.717) is 22.8 Å². The molecule has 0 aliphatic carbocycles. The highest BCUT2D eigenvalue weighted by molar-refractivity contribution is 5.94. The molecule has 4 rings (SSSR count). The summed E-state index contributed by atoms with van der Waals surface area (Å²) in [6.45, 7) is 0. The summed E-state index contributed by atoms with van der Waals surface area (Å²) in [4.78, 5) is 24.5. The van der Waals surface area contributed by atoms with Gasteiger partial charge in [-0.15, -0.1) is 0 Å². The topological polar surface area (TPSA) is 95.4 Å². The molecule has 0 spiro atoms. The Morgan fingerprint density at radius 1 is 1.04 bits per heavy atom. The van der Waals surface area contributed by atoms with Crippen LogP contribution in [-0.4, -0.2) is 32.4 Å². The predicted molar refractivity (Wildman–Crippen MR) is 96.7 cm³/mol. The third-order valence-electron chi connectivity index (χ3n) is 4.08. The van der Waals surface area contributed by atoms with Gasteiger partial charge in [0, 0.05) is 35.2 Å². The summed E-state index contributed by atoms with van der Waals surface area (Å²) in [5, 5.41) is 0. The van der Waals surface area contributed by atoms with Gasteiger partial charge in [-0.1, -0.05) is 12.1 Å². The third kappa shape index (κ3) is 2.75. The van der Waals surface area contributed by atoms with E-state index in [4.69, 9.17) is 10.5 Å². The number of hydrogen-bond donors (Lipinski definition) is 1. The molecule has 0 saturated carbocycles. The number of nitrogens with two attached hydrogens (primary N) is 1. The maximum absolute atomic E-state index is 11.4. The van der Waals surface area contributed by atoms with Crippen molar-refractivity contribution in [3.05, 3.63) is 66.7 Å². The molecule has 0 aliphatic rings. The van der Waals surface area contributed by atoms with Crippen molar-refractivity contribution in [2.75, 3.05) is 7.11 Å². The molecule has 0 fully saturated rings. The van der Waals surface area contributed by atoms with Crippen molar-refractivity contribution in [2.45, 2.75) is 0 Å². The average Bonchev–Trinajstić information content (AvgIpc) is 3.11. The fraction of sp³-hybridized carbons (Fsp3) is 0.0526. The Kier molecular flexibility index (Phi) is 3.81. The van der Waals surface area contributed by atoms with Gasteiger partial charge in [-0.25, -0.2) is 9.97 Å². The van der Waals surface area contributed by atoms with E-state index in [1.165, 1.54) is 0 Å². The number of nitrogens with zero attached hydrogens (tertiary/aromatic N) is 4. The van der Waals surface area contributed by atoms with Crippen LogP contribution in [0.25, 0.3) is 28.2 Å². The summed E-state index contributed by atoms with van der Waals surface area (Å²) in [6.07, 6.45) is 7.06. The van der Waals surface area contributed by atoms with E-state index in [9.17, 15) is 4.79 Å². The van der Waals surface area contributed by atoms with Crippen LogP contribution < -0.4 is 10.5 Å². The van der Waals surface area contributed by atoms with Gasteiger partial charge in [-0.2, -0.15) is 0 Å². The van der Waals surface area contributed by atoms with E-state index >= 15 is 0 Å². The molecular weight excluding hydrogens is 330 g/mol. The second-order valence-electron chi connectivity index (χ2n) is 5.68. The SMILES string of the molecule is COc1ccc(-c2cnc3cnc(-c4cccc(C(N)=O)c4)cn23)cn1. The monoisotopic (exact) mass is 345 g/mol. The summed E-state index contributed by atoms with van der Waals surface area (Å²) in [5.74, 6) is 0.0775. The molecule has 1 aromatic carbocycles. The lowest BCUT2D eigenvalue weighted by Crippen LogP contribution is -2.10. The van der Waals surface area contributed by atoms with Crippen LogP contribution in [0.2, 0.25) is 0 Å². The second-order valence-corrected chi connectivity index (χ2v) is 5.68. The van der Waals surface area contributed by atoms with E-state index in [0.717, 1.165) is 16.8 Å². The van der Waals surface area contributed by atoms with E-state index < -0.39 is 5.91 Å². The number of amides is 1. The highest BCUT2D eigenvalue weighted by Crippen LogP contribution is 2.24. The lowest BCUT2D eigenvalue weighted by Gasteiger charge is -2.06. The smallest absolute Gasteiger partial charge is 0.248 e. The lowest BCUT2D eigenvalue weighted by molar-refractivity contribution is 0.100. The first-order valence-corrected chi connectivity index (χ1v) is 7.89. The number of methoxy groups -OCH3 is 1. The van der Waals surface area contributed by atoms with Crippen LogP contribution in [0.15, 0.2) is 61.2 Å². The Hall–Kier alpha value is -3.74. The quantitative estimate of drug-likeness (QED) is 0.613. The largest absolute Gasteiger partial charge is 0.481 e. The Bertz CT molecular complexity index is 1100. The van der Waals surface area contributed by atoms with Crippen molar-refractivity contribution in [1.82, 2.24) is 19.4 Å². The number of carbonyl (C=O) groups is 1. The van der Waals surface area contributed by atoms with Crippen molar-refractivity contribution in [3.63, 3.8) is 0 Å². The first kappa shape index (κ1) is 15.8. The molecule has 1 amide bonds. The Morgan fingerprint density at radius 2 is 1.92 bits per heavy atom. The van der Waals surface area contributed by atoms with Crippen molar-refractivity contribution in [2.24, 2.45) is 5.73 Å². The average molecular weight is 345 g/mol. The fourth-order valence-corrected chi connectivity index (χ4v) is 2.74. The summed E-state index contributed by atoms with van der Waals surface area (Å²) in [7, 11) is 1.58. The van der Waals surface area contributed by atoms with Crippen molar-refractivity contribution in [1.29, 1.82) is 0 Å². The molecular formula is C19H15N5O2. The van der Waals surface area contributed by atoms with Gasteiger partial charge in [0.25, 0.3) is 0 Å². The molecule has 7 nitrogen and oxygen atoms in total. The van der Waals surface area contributed by atoms with Crippen LogP contribution in [-0.2, 0) is 0 Å². The molecule has 3 heterocycles. The number of carbonyl (C=O) groups excluding carboxylic acids is 1. The number of benzene rings is 1. The first-order chi connectivity index (χ1) is 12.7. The van der Waals surface area contributed by atoms with Crippen LogP contribution in [0.4, 0.5) is 0 Å². The zero-order valence-corrected chi connectivity index (χ0v) is 14.0. The maximum atomic E-state index is 11.4. The van der Waals surface area contributed by atoms with Crippen LogP contribution >= 0.6 is 0 Å². The highest BCUT2D eigenvalue weighted by atomic mass is 16.5. The number of rotatable bonds is 4. The standard InChI is InChI=1S/C19H15N5O2/c1-26-18-6-5-14(8-23-18)16-9-22-17-10-21-15(11-24(16)17)12-3-2-4-13(7-12)19(20)25/h2-11H,1H3,(H2,20,25). The molecule has 3 aromatic heterocycles. The molecule has 0 bridgehead atoms. The number of pyridine rings is 1. The normalized spacial score (nSPS) is 10.8. The number of aromatic nitrogens is 4. The fourth-order valence-electron chi connectivity index (χ4n) is 2.74. The van der Waals surface area contributed by atoms with Gasteiger partial charge >= 0.3 is 0 Å². The van der Waals surface area contributed by atoms with Gasteiger partial charge < -0.3 is 10.5 Å². The van der Waals surface area contributed by atoms with E-state index in [1.807, 2.05) is 22.7 Å². The first-order valence-electron chi connectivity index (χ1n) is 7.89. The van der Waals surface area contributed by atoms with Crippen LogP contribution in [0, 0.1) is 0 Å². The summed E-state index contributed by atoms with van der Waals surface area (Å²) < 4.78 is 7.03. The van der Waals surface area contributed by atoms with Gasteiger partial charge in [0.1, 0.15) is 0 Å². The van der Waals surface area contributed by atoms with Gasteiger partial charge in [-0.3, -0.25) is 14.2 Å². The summed E-state index contributed by atoms with van der Waals surface area (Å²) in [6, 6.07) is 10.8. The Labute approximate surface area is 149 Å². The molecule has 2 N–H and O–H groups in total. The number of imidazole rings is 1. The minimum Gasteiger partial charge on any atom is -0.481 e. The molecule has 4 aromatic rings. The van der Waals surface area contributed by atoms with Crippen molar-refractivity contribution < 1.29 is 9.53 Å². The number of ether oxygens (including phenoxy) is 1. The molecule has 0 atom stereocenters.